The molecule has 3 fully saturated rings. The van der Waals surface area contributed by atoms with Gasteiger partial charge in [-0.15, -0.1) is 0 Å². The molecule has 6 nitrogen and oxygen atoms in total. The van der Waals surface area contributed by atoms with Gasteiger partial charge in [0.05, 0.1) is 18.8 Å². The number of carboxylic acid groups (broad SMARTS) is 1. The van der Waals surface area contributed by atoms with E-state index < -0.39 is 17.8 Å². The molecular weight excluding hydrogens is 495 g/mol. The molecule has 2 aromatic rings. The first-order valence-corrected chi connectivity index (χ1v) is 15.0. The number of hydrogen-bond acceptors (Lipinski definition) is 5. The number of benzene rings is 1. The molecule has 6 rings (SSSR count). The number of unbranched alkanes of at least 4 members (excludes halogenated alkanes) is 1. The molecule has 1 aromatic heterocycles. The van der Waals surface area contributed by atoms with Crippen LogP contribution in [0.15, 0.2) is 30.3 Å². The average Bonchev–Trinajstić information content (AvgIpc) is 3.53. The fourth-order valence-corrected chi connectivity index (χ4v) is 6.80. The molecule has 0 bridgehead atoms. The van der Waals surface area contributed by atoms with Crippen molar-refractivity contribution < 1.29 is 23.8 Å². The minimum atomic E-state index is -0.950. The van der Waals surface area contributed by atoms with E-state index >= 15 is 0 Å². The highest BCUT2D eigenvalue weighted by molar-refractivity contribution is 5.76. The molecule has 3 heterocycles. The van der Waals surface area contributed by atoms with Crippen molar-refractivity contribution >= 4 is 5.97 Å². The summed E-state index contributed by atoms with van der Waals surface area (Å²) in [4.78, 5) is 19.3. The predicted molar refractivity (Wildman–Crippen MR) is 146 cm³/mol. The van der Waals surface area contributed by atoms with Crippen LogP contribution in [-0.2, 0) is 33.5 Å². The number of fused-ring (bicyclic) bond motifs is 1. The number of pyridine rings is 1. The maximum Gasteiger partial charge on any atom is 0.325 e. The molecule has 0 radical (unpaired) electrons. The molecule has 1 spiro atoms. The van der Waals surface area contributed by atoms with Gasteiger partial charge in [0.2, 0.25) is 0 Å². The van der Waals surface area contributed by atoms with Gasteiger partial charge in [0, 0.05) is 31.1 Å². The highest BCUT2D eigenvalue weighted by Crippen LogP contribution is 2.55. The zero-order chi connectivity index (χ0) is 26.8. The Bertz CT molecular complexity index is 1170. The van der Waals surface area contributed by atoms with Crippen molar-refractivity contribution in [2.75, 3.05) is 26.3 Å². The molecule has 7 heteroatoms. The lowest BCUT2D eigenvalue weighted by molar-refractivity contribution is -0.143. The Morgan fingerprint density at radius 3 is 2.82 bits per heavy atom. The average molecular weight is 537 g/mol. The van der Waals surface area contributed by atoms with E-state index in [0.717, 1.165) is 56.9 Å². The maximum atomic E-state index is 14.4. The monoisotopic (exact) mass is 536 g/mol. The summed E-state index contributed by atoms with van der Waals surface area (Å²) in [5.41, 5.74) is 5.57. The lowest BCUT2D eigenvalue weighted by atomic mass is 9.88. The fourth-order valence-electron chi connectivity index (χ4n) is 6.80. The van der Waals surface area contributed by atoms with Crippen molar-refractivity contribution in [1.29, 1.82) is 0 Å². The van der Waals surface area contributed by atoms with E-state index in [4.69, 9.17) is 14.5 Å². The van der Waals surface area contributed by atoms with Gasteiger partial charge in [-0.25, -0.2) is 4.39 Å². The van der Waals surface area contributed by atoms with Crippen molar-refractivity contribution in [1.82, 2.24) is 9.88 Å². The van der Waals surface area contributed by atoms with Gasteiger partial charge in [0.1, 0.15) is 11.9 Å². The fraction of sp³-hybridized carbons (Fsp3) is 0.625. The lowest BCUT2D eigenvalue weighted by Gasteiger charge is -2.33. The standard InChI is InChI=1S/C32H41FN2O4/c33-23-9-11-26(29-12-14-32(15-16-32)21-39-29)27(19-23)30(31(36)37)35-17-13-25(20-35)38-18-4-3-6-24-10-8-22-5-1-2-7-28(22)34-24/h8-11,19,25,29-30H,1-7,12-18,20-21H2,(H,36,37)/t25-,29?,30?/m1/s1. The van der Waals surface area contributed by atoms with Gasteiger partial charge in [0.15, 0.2) is 0 Å². The van der Waals surface area contributed by atoms with Crippen molar-refractivity contribution in [2.24, 2.45) is 5.41 Å². The molecule has 1 aromatic carbocycles. The van der Waals surface area contributed by atoms with Gasteiger partial charge in [0.25, 0.3) is 0 Å². The number of halogens is 1. The highest BCUT2D eigenvalue weighted by Gasteiger charge is 2.46. The molecule has 39 heavy (non-hydrogen) atoms. The molecule has 2 aliphatic heterocycles. The third-order valence-electron chi connectivity index (χ3n) is 9.37. The minimum absolute atomic E-state index is 0.00798. The van der Waals surface area contributed by atoms with E-state index in [-0.39, 0.29) is 12.2 Å². The Kier molecular flexibility index (Phi) is 8.01. The smallest absolute Gasteiger partial charge is 0.325 e. The molecule has 0 amide bonds. The Hall–Kier alpha value is -2.35. The van der Waals surface area contributed by atoms with E-state index in [1.165, 1.54) is 54.8 Å². The van der Waals surface area contributed by atoms with E-state index in [2.05, 4.69) is 12.1 Å². The minimum Gasteiger partial charge on any atom is -0.480 e. The molecule has 2 saturated heterocycles. The Morgan fingerprint density at radius 1 is 1.15 bits per heavy atom. The van der Waals surface area contributed by atoms with Crippen molar-refractivity contribution in [3.8, 4) is 0 Å². The molecule has 2 unspecified atom stereocenters. The summed E-state index contributed by atoms with van der Waals surface area (Å²) >= 11 is 0. The van der Waals surface area contributed by atoms with Crippen LogP contribution < -0.4 is 0 Å². The van der Waals surface area contributed by atoms with Gasteiger partial charge in [-0.2, -0.15) is 0 Å². The summed E-state index contributed by atoms with van der Waals surface area (Å²) in [5, 5.41) is 10.3. The zero-order valence-corrected chi connectivity index (χ0v) is 22.9. The van der Waals surface area contributed by atoms with Crippen molar-refractivity contribution in [3.05, 3.63) is 64.2 Å². The van der Waals surface area contributed by atoms with Crippen LogP contribution >= 0.6 is 0 Å². The van der Waals surface area contributed by atoms with Crippen LogP contribution in [0, 0.1) is 11.2 Å². The van der Waals surface area contributed by atoms with E-state index in [1.54, 1.807) is 6.07 Å². The van der Waals surface area contributed by atoms with E-state index in [1.807, 2.05) is 4.90 Å². The Labute approximate surface area is 230 Å². The summed E-state index contributed by atoms with van der Waals surface area (Å²) in [6.45, 7) is 2.53. The molecule has 2 aliphatic carbocycles. The molecule has 210 valence electrons. The number of rotatable bonds is 10. The quantitative estimate of drug-likeness (QED) is 0.377. The number of carboxylic acids is 1. The third kappa shape index (κ3) is 6.21. The van der Waals surface area contributed by atoms with Crippen LogP contribution in [0.3, 0.4) is 0 Å². The van der Waals surface area contributed by atoms with Gasteiger partial charge >= 0.3 is 5.97 Å². The summed E-state index contributed by atoms with van der Waals surface area (Å²) in [6, 6.07) is 8.10. The number of aryl methyl sites for hydroxylation is 3. The van der Waals surface area contributed by atoms with Gasteiger partial charge < -0.3 is 14.6 Å². The van der Waals surface area contributed by atoms with Gasteiger partial charge in [-0.1, -0.05) is 12.1 Å². The number of carbonyl (C=O) groups is 1. The molecule has 4 aliphatic rings. The van der Waals surface area contributed by atoms with Crippen molar-refractivity contribution in [3.63, 3.8) is 0 Å². The van der Waals surface area contributed by atoms with Crippen LogP contribution in [0.25, 0.3) is 0 Å². The first kappa shape index (κ1) is 26.9. The highest BCUT2D eigenvalue weighted by atomic mass is 19.1. The number of aliphatic carboxylic acids is 1. The van der Waals surface area contributed by atoms with E-state index in [9.17, 15) is 14.3 Å². The van der Waals surface area contributed by atoms with E-state index in [0.29, 0.717) is 37.3 Å². The normalized spacial score (nSPS) is 24.9. The molecule has 3 atom stereocenters. The van der Waals surface area contributed by atoms with Gasteiger partial charge in [-0.3, -0.25) is 14.7 Å². The SMILES string of the molecule is O=C(O)C(c1cc(F)ccc1C1CCC2(CC2)CO1)N1CC[C@@H](OCCCCc2ccc3c(n2)CCCC3)C1. The topological polar surface area (TPSA) is 71.9 Å². The summed E-state index contributed by atoms with van der Waals surface area (Å²) in [5.74, 6) is -1.36. The Morgan fingerprint density at radius 2 is 2.03 bits per heavy atom. The van der Waals surface area contributed by atoms with Crippen molar-refractivity contribution in [2.45, 2.75) is 95.3 Å². The number of nitrogens with zero attached hydrogens (tertiary/aromatic N) is 2. The summed E-state index contributed by atoms with van der Waals surface area (Å²) < 4.78 is 26.8. The summed E-state index contributed by atoms with van der Waals surface area (Å²) in [6.07, 6.45) is 12.7. The maximum absolute atomic E-state index is 14.4. The predicted octanol–water partition coefficient (Wildman–Crippen LogP) is 5.97. The molecule has 1 saturated carbocycles. The number of likely N-dealkylation sites (tertiary alicyclic amines) is 1. The van der Waals surface area contributed by atoms with Crippen LogP contribution in [0.1, 0.15) is 98.0 Å². The van der Waals surface area contributed by atoms with Crippen LogP contribution in [-0.4, -0.2) is 53.4 Å². The molecular formula is C32H41FN2O4. The second-order valence-corrected chi connectivity index (χ2v) is 12.2. The second kappa shape index (κ2) is 11.6. The van der Waals surface area contributed by atoms with Gasteiger partial charge in [-0.05, 0) is 117 Å². The third-order valence-corrected chi connectivity index (χ3v) is 9.37. The Balaban J connectivity index is 1.02. The number of ether oxygens (including phenoxy) is 2. The zero-order valence-electron chi connectivity index (χ0n) is 22.9. The number of aromatic nitrogens is 1. The largest absolute Gasteiger partial charge is 0.480 e. The van der Waals surface area contributed by atoms with Crippen LogP contribution in [0.5, 0.6) is 0 Å². The lowest BCUT2D eigenvalue weighted by Crippen LogP contribution is -2.35. The summed E-state index contributed by atoms with van der Waals surface area (Å²) in [7, 11) is 0. The first-order valence-electron chi connectivity index (χ1n) is 15.0. The first-order chi connectivity index (χ1) is 19.0. The molecule has 1 N–H and O–H groups in total. The van der Waals surface area contributed by atoms with Crippen LogP contribution in [0.2, 0.25) is 0 Å². The van der Waals surface area contributed by atoms with Crippen LogP contribution in [0.4, 0.5) is 4.39 Å². The number of hydrogen-bond donors (Lipinski definition) is 1. The second-order valence-electron chi connectivity index (χ2n) is 12.2.